The molecule has 0 spiro atoms. The molecule has 2 rings (SSSR count). The number of hydrogen-bond acceptors (Lipinski definition) is 7. The molecule has 1 aliphatic rings. The zero-order valence-corrected chi connectivity index (χ0v) is 11.3. The summed E-state index contributed by atoms with van der Waals surface area (Å²) in [6.07, 6.45) is 1.07. The predicted octanol–water partition coefficient (Wildman–Crippen LogP) is 0.523. The molecule has 1 aromatic heterocycles. The van der Waals surface area contributed by atoms with E-state index in [1.165, 1.54) is 7.11 Å². The van der Waals surface area contributed by atoms with Crippen molar-refractivity contribution < 1.29 is 13.2 Å². The minimum atomic E-state index is -2.87. The Balaban J connectivity index is 2.04. The van der Waals surface area contributed by atoms with Gasteiger partial charge in [0.15, 0.2) is 0 Å². The topological polar surface area (TPSA) is 94.1 Å². The number of methoxy groups -OCH3 is 1. The normalized spacial score (nSPS) is 19.4. The maximum Gasteiger partial charge on any atom is 0.322 e. The second-order valence-electron chi connectivity index (χ2n) is 3.99. The second-order valence-corrected chi connectivity index (χ2v) is 6.63. The van der Waals surface area contributed by atoms with Crippen molar-refractivity contribution in [2.24, 2.45) is 0 Å². The quantitative estimate of drug-likeness (QED) is 0.868. The lowest BCUT2D eigenvalue weighted by Crippen LogP contribution is -2.32. The molecule has 1 N–H and O–H groups in total. The highest BCUT2D eigenvalue weighted by Gasteiger charge is 2.24. The van der Waals surface area contributed by atoms with Crippen LogP contribution < -0.4 is 10.1 Å². The van der Waals surface area contributed by atoms with E-state index in [1.807, 2.05) is 0 Å². The van der Waals surface area contributed by atoms with Crippen molar-refractivity contribution in [2.75, 3.05) is 23.9 Å². The van der Waals surface area contributed by atoms with Crippen LogP contribution in [-0.4, -0.2) is 48.0 Å². The molecule has 0 bridgehead atoms. The molecular formula is C9H13ClN4O3S. The fourth-order valence-corrected chi connectivity index (χ4v) is 3.35. The van der Waals surface area contributed by atoms with Crippen LogP contribution in [0.5, 0.6) is 6.01 Å². The van der Waals surface area contributed by atoms with E-state index < -0.39 is 9.84 Å². The molecule has 1 aliphatic heterocycles. The van der Waals surface area contributed by atoms with Crippen LogP contribution in [0.4, 0.5) is 5.95 Å². The summed E-state index contributed by atoms with van der Waals surface area (Å²) >= 11 is 5.71. The Morgan fingerprint density at radius 3 is 2.56 bits per heavy atom. The molecule has 0 unspecified atom stereocenters. The van der Waals surface area contributed by atoms with Crippen LogP contribution in [0.25, 0.3) is 0 Å². The number of sulfone groups is 1. The van der Waals surface area contributed by atoms with Crippen molar-refractivity contribution in [2.45, 2.75) is 18.9 Å². The Morgan fingerprint density at radius 2 is 1.94 bits per heavy atom. The Hall–Kier alpha value is -1.15. The van der Waals surface area contributed by atoms with Crippen LogP contribution >= 0.6 is 11.6 Å². The van der Waals surface area contributed by atoms with Gasteiger partial charge in [-0.2, -0.15) is 15.0 Å². The predicted molar refractivity (Wildman–Crippen MR) is 66.7 cm³/mol. The van der Waals surface area contributed by atoms with Crippen LogP contribution in [0.3, 0.4) is 0 Å². The van der Waals surface area contributed by atoms with E-state index in [2.05, 4.69) is 20.3 Å². The van der Waals surface area contributed by atoms with Gasteiger partial charge in [-0.15, -0.1) is 0 Å². The smallest absolute Gasteiger partial charge is 0.322 e. The Morgan fingerprint density at radius 1 is 1.28 bits per heavy atom. The van der Waals surface area contributed by atoms with Crippen molar-refractivity contribution in [3.63, 3.8) is 0 Å². The number of hydrogen-bond donors (Lipinski definition) is 1. The van der Waals surface area contributed by atoms with E-state index >= 15 is 0 Å². The number of rotatable bonds is 3. The number of aromatic nitrogens is 3. The molecule has 1 fully saturated rings. The summed E-state index contributed by atoms with van der Waals surface area (Å²) in [6.45, 7) is 0. The third-order valence-corrected chi connectivity index (χ3v) is 4.54. The van der Waals surface area contributed by atoms with Gasteiger partial charge in [0, 0.05) is 6.04 Å². The summed E-state index contributed by atoms with van der Waals surface area (Å²) in [5.74, 6) is 0.664. The van der Waals surface area contributed by atoms with E-state index in [0.29, 0.717) is 18.8 Å². The molecule has 0 amide bonds. The highest BCUT2D eigenvalue weighted by molar-refractivity contribution is 7.91. The van der Waals surface area contributed by atoms with Gasteiger partial charge in [0.25, 0.3) is 0 Å². The summed E-state index contributed by atoms with van der Waals surface area (Å²) in [4.78, 5) is 11.7. The fraction of sp³-hybridized carbons (Fsp3) is 0.667. The van der Waals surface area contributed by atoms with Crippen LogP contribution in [0.1, 0.15) is 12.8 Å². The summed E-state index contributed by atoms with van der Waals surface area (Å²) < 4.78 is 27.5. The first-order chi connectivity index (χ1) is 8.48. The lowest BCUT2D eigenvalue weighted by atomic mass is 10.2. The van der Waals surface area contributed by atoms with Gasteiger partial charge < -0.3 is 10.1 Å². The number of nitrogens with one attached hydrogen (secondary N) is 1. The summed E-state index contributed by atoms with van der Waals surface area (Å²) in [5, 5.41) is 3.08. The molecule has 0 radical (unpaired) electrons. The standard InChI is InChI=1S/C9H13ClN4O3S/c1-17-9-13-7(10)12-8(14-9)11-6-2-4-18(15,16)5-3-6/h6H,2-5H2,1H3,(H,11,12,13,14). The molecule has 18 heavy (non-hydrogen) atoms. The first kappa shape index (κ1) is 13.3. The van der Waals surface area contributed by atoms with E-state index in [4.69, 9.17) is 16.3 Å². The maximum absolute atomic E-state index is 11.3. The van der Waals surface area contributed by atoms with Crippen LogP contribution in [-0.2, 0) is 9.84 Å². The van der Waals surface area contributed by atoms with E-state index in [9.17, 15) is 8.42 Å². The lowest BCUT2D eigenvalue weighted by molar-refractivity contribution is 0.378. The summed E-state index contributed by atoms with van der Waals surface area (Å²) in [5.41, 5.74) is 0. The Kier molecular flexibility index (Phi) is 3.86. The van der Waals surface area contributed by atoms with E-state index in [0.717, 1.165) is 0 Å². The first-order valence-corrected chi connectivity index (χ1v) is 7.61. The minimum Gasteiger partial charge on any atom is -0.467 e. The zero-order chi connectivity index (χ0) is 13.2. The number of ether oxygens (including phenoxy) is 1. The zero-order valence-electron chi connectivity index (χ0n) is 9.76. The third kappa shape index (κ3) is 3.42. The van der Waals surface area contributed by atoms with Gasteiger partial charge in [0.05, 0.1) is 18.6 Å². The van der Waals surface area contributed by atoms with Gasteiger partial charge in [0.2, 0.25) is 11.2 Å². The molecule has 7 nitrogen and oxygen atoms in total. The Bertz CT molecular complexity index is 523. The number of anilines is 1. The molecule has 2 heterocycles. The monoisotopic (exact) mass is 292 g/mol. The van der Waals surface area contributed by atoms with Crippen LogP contribution in [0.15, 0.2) is 0 Å². The number of nitrogens with zero attached hydrogens (tertiary/aromatic N) is 3. The maximum atomic E-state index is 11.3. The first-order valence-electron chi connectivity index (χ1n) is 5.41. The SMILES string of the molecule is COc1nc(Cl)nc(NC2CCS(=O)(=O)CC2)n1. The fourth-order valence-electron chi connectivity index (χ4n) is 1.70. The van der Waals surface area contributed by atoms with Gasteiger partial charge in [-0.1, -0.05) is 0 Å². The molecule has 0 aromatic carbocycles. The molecular weight excluding hydrogens is 280 g/mol. The second kappa shape index (κ2) is 5.23. The van der Waals surface area contributed by atoms with Crippen molar-refractivity contribution in [1.82, 2.24) is 15.0 Å². The largest absolute Gasteiger partial charge is 0.467 e. The Labute approximate surface area is 110 Å². The molecule has 0 aliphatic carbocycles. The molecule has 1 aromatic rings. The highest BCUT2D eigenvalue weighted by Crippen LogP contribution is 2.17. The molecule has 9 heteroatoms. The number of halogens is 1. The summed E-state index contributed by atoms with van der Waals surface area (Å²) in [7, 11) is -1.44. The minimum absolute atomic E-state index is 0.0247. The van der Waals surface area contributed by atoms with Crippen molar-refractivity contribution >= 4 is 27.4 Å². The molecule has 1 saturated heterocycles. The molecule has 0 saturated carbocycles. The van der Waals surface area contributed by atoms with Gasteiger partial charge >= 0.3 is 6.01 Å². The average Bonchev–Trinajstić information content (AvgIpc) is 2.31. The van der Waals surface area contributed by atoms with Gasteiger partial charge in [-0.3, -0.25) is 0 Å². The van der Waals surface area contributed by atoms with Crippen LogP contribution in [0, 0.1) is 0 Å². The van der Waals surface area contributed by atoms with E-state index in [-0.39, 0.29) is 28.8 Å². The molecule has 0 atom stereocenters. The van der Waals surface area contributed by atoms with Gasteiger partial charge in [-0.25, -0.2) is 8.42 Å². The van der Waals surface area contributed by atoms with Crippen molar-refractivity contribution in [3.8, 4) is 6.01 Å². The molecule has 100 valence electrons. The summed E-state index contributed by atoms with van der Waals surface area (Å²) in [6, 6.07) is 0.151. The van der Waals surface area contributed by atoms with E-state index in [1.54, 1.807) is 0 Å². The van der Waals surface area contributed by atoms with Crippen LogP contribution in [0.2, 0.25) is 5.28 Å². The van der Waals surface area contributed by atoms with Gasteiger partial charge in [0.1, 0.15) is 9.84 Å². The third-order valence-electron chi connectivity index (χ3n) is 2.66. The van der Waals surface area contributed by atoms with Crippen molar-refractivity contribution in [3.05, 3.63) is 5.28 Å². The highest BCUT2D eigenvalue weighted by atomic mass is 35.5. The lowest BCUT2D eigenvalue weighted by Gasteiger charge is -2.22. The van der Waals surface area contributed by atoms with Crippen molar-refractivity contribution in [1.29, 1.82) is 0 Å². The average molecular weight is 293 g/mol. The van der Waals surface area contributed by atoms with Gasteiger partial charge in [-0.05, 0) is 24.4 Å².